The molecule has 0 spiro atoms. The van der Waals surface area contributed by atoms with Crippen LogP contribution in [-0.4, -0.2) is 5.91 Å². The van der Waals surface area contributed by atoms with Crippen LogP contribution >= 0.6 is 0 Å². The van der Waals surface area contributed by atoms with E-state index in [1.54, 1.807) is 0 Å². The van der Waals surface area contributed by atoms with Crippen LogP contribution < -0.4 is 5.32 Å². The lowest BCUT2D eigenvalue weighted by molar-refractivity contribution is -0.117. The predicted molar refractivity (Wildman–Crippen MR) is 71.2 cm³/mol. The van der Waals surface area contributed by atoms with Gasteiger partial charge >= 0.3 is 0 Å². The standard InChI is InChI=1S/C15H21NO/c1-9(2)12-7-5-6-10(3)14(12)16-15(17)13-8-11(13)4/h5-7,9,11,13H,8H2,1-4H3,(H,16,17)/t11-,13-/m0/s1. The molecule has 1 fully saturated rings. The van der Waals surface area contributed by atoms with Gasteiger partial charge in [0.25, 0.3) is 0 Å². The molecule has 1 N–H and O–H groups in total. The first kappa shape index (κ1) is 12.2. The summed E-state index contributed by atoms with van der Waals surface area (Å²) in [7, 11) is 0. The Morgan fingerprint density at radius 2 is 2.06 bits per heavy atom. The van der Waals surface area contributed by atoms with Gasteiger partial charge in [-0.25, -0.2) is 0 Å². The fourth-order valence-corrected chi connectivity index (χ4v) is 2.25. The van der Waals surface area contributed by atoms with Crippen molar-refractivity contribution in [2.24, 2.45) is 11.8 Å². The van der Waals surface area contributed by atoms with E-state index in [0.29, 0.717) is 11.8 Å². The highest BCUT2D eigenvalue weighted by Gasteiger charge is 2.39. The Morgan fingerprint density at radius 3 is 2.59 bits per heavy atom. The van der Waals surface area contributed by atoms with E-state index in [1.165, 1.54) is 5.56 Å². The topological polar surface area (TPSA) is 29.1 Å². The van der Waals surface area contributed by atoms with Gasteiger partial charge in [-0.15, -0.1) is 0 Å². The van der Waals surface area contributed by atoms with Gasteiger partial charge in [0.1, 0.15) is 0 Å². The van der Waals surface area contributed by atoms with Gasteiger partial charge < -0.3 is 5.32 Å². The molecule has 0 saturated heterocycles. The summed E-state index contributed by atoms with van der Waals surface area (Å²) in [5.41, 5.74) is 3.40. The largest absolute Gasteiger partial charge is 0.325 e. The van der Waals surface area contributed by atoms with E-state index in [1.807, 2.05) is 0 Å². The maximum Gasteiger partial charge on any atom is 0.227 e. The summed E-state index contributed by atoms with van der Waals surface area (Å²) in [6.45, 7) is 8.50. The number of anilines is 1. The van der Waals surface area contributed by atoms with Crippen LogP contribution in [0.1, 0.15) is 44.2 Å². The predicted octanol–water partition coefficient (Wildman–Crippen LogP) is 3.71. The fraction of sp³-hybridized carbons (Fsp3) is 0.533. The smallest absolute Gasteiger partial charge is 0.227 e. The third kappa shape index (κ3) is 2.51. The molecule has 1 aromatic rings. The van der Waals surface area contributed by atoms with Crippen molar-refractivity contribution in [3.63, 3.8) is 0 Å². The SMILES string of the molecule is Cc1cccc(C(C)C)c1NC(=O)[C@H]1C[C@@H]1C. The number of hydrogen-bond acceptors (Lipinski definition) is 1. The second kappa shape index (κ2) is 4.52. The molecule has 1 aliphatic rings. The summed E-state index contributed by atoms with van der Waals surface area (Å²) in [4.78, 5) is 12.0. The van der Waals surface area contributed by atoms with Gasteiger partial charge in [-0.05, 0) is 36.3 Å². The maximum atomic E-state index is 12.0. The number of nitrogens with one attached hydrogen (secondary N) is 1. The Morgan fingerprint density at radius 1 is 1.41 bits per heavy atom. The molecular formula is C15H21NO. The Labute approximate surface area is 103 Å². The number of amides is 1. The van der Waals surface area contributed by atoms with E-state index in [-0.39, 0.29) is 11.8 Å². The minimum atomic E-state index is 0.189. The molecule has 17 heavy (non-hydrogen) atoms. The minimum absolute atomic E-state index is 0.189. The summed E-state index contributed by atoms with van der Waals surface area (Å²) < 4.78 is 0. The third-order valence-electron chi connectivity index (χ3n) is 3.62. The van der Waals surface area contributed by atoms with Crippen LogP contribution in [0.3, 0.4) is 0 Å². The lowest BCUT2D eigenvalue weighted by Crippen LogP contribution is -2.17. The molecule has 1 aliphatic carbocycles. The van der Waals surface area contributed by atoms with Gasteiger partial charge in [0.05, 0.1) is 0 Å². The number of para-hydroxylation sites is 1. The van der Waals surface area contributed by atoms with Crippen LogP contribution in [0.4, 0.5) is 5.69 Å². The Bertz CT molecular complexity index is 437. The highest BCUT2D eigenvalue weighted by molar-refractivity contribution is 5.95. The first-order valence-corrected chi connectivity index (χ1v) is 6.41. The molecular weight excluding hydrogens is 210 g/mol. The van der Waals surface area contributed by atoms with Crippen molar-refractivity contribution in [2.45, 2.75) is 40.0 Å². The average Bonchev–Trinajstić information content (AvgIpc) is 2.98. The zero-order chi connectivity index (χ0) is 12.6. The molecule has 92 valence electrons. The third-order valence-corrected chi connectivity index (χ3v) is 3.62. The zero-order valence-electron chi connectivity index (χ0n) is 11.1. The monoisotopic (exact) mass is 231 g/mol. The Hall–Kier alpha value is -1.31. The molecule has 2 atom stereocenters. The quantitative estimate of drug-likeness (QED) is 0.844. The van der Waals surface area contributed by atoms with E-state index in [9.17, 15) is 4.79 Å². The average molecular weight is 231 g/mol. The Kier molecular flexibility index (Phi) is 3.23. The lowest BCUT2D eigenvalue weighted by atomic mass is 9.98. The number of benzene rings is 1. The van der Waals surface area contributed by atoms with Crippen LogP contribution in [0.15, 0.2) is 18.2 Å². The van der Waals surface area contributed by atoms with Crippen LogP contribution in [0.5, 0.6) is 0 Å². The first-order valence-electron chi connectivity index (χ1n) is 6.41. The molecule has 0 bridgehead atoms. The van der Waals surface area contributed by atoms with Crippen molar-refractivity contribution in [2.75, 3.05) is 5.32 Å². The summed E-state index contributed by atoms with van der Waals surface area (Å²) in [6.07, 6.45) is 1.04. The second-order valence-electron chi connectivity index (χ2n) is 5.50. The first-order chi connectivity index (χ1) is 8.00. The van der Waals surface area contributed by atoms with Crippen molar-refractivity contribution in [1.29, 1.82) is 0 Å². The van der Waals surface area contributed by atoms with Crippen molar-refractivity contribution in [3.05, 3.63) is 29.3 Å². The van der Waals surface area contributed by atoms with Gasteiger partial charge in [0.2, 0.25) is 5.91 Å². The van der Waals surface area contributed by atoms with Crippen molar-refractivity contribution >= 4 is 11.6 Å². The van der Waals surface area contributed by atoms with Gasteiger partial charge in [-0.3, -0.25) is 4.79 Å². The minimum Gasteiger partial charge on any atom is -0.325 e. The van der Waals surface area contributed by atoms with E-state index in [0.717, 1.165) is 17.7 Å². The van der Waals surface area contributed by atoms with Crippen molar-refractivity contribution < 1.29 is 4.79 Å². The van der Waals surface area contributed by atoms with Gasteiger partial charge in [0.15, 0.2) is 0 Å². The summed E-state index contributed by atoms with van der Waals surface area (Å²) in [6, 6.07) is 6.21. The van der Waals surface area contributed by atoms with E-state index < -0.39 is 0 Å². The van der Waals surface area contributed by atoms with Crippen LogP contribution in [0, 0.1) is 18.8 Å². The second-order valence-corrected chi connectivity index (χ2v) is 5.50. The van der Waals surface area contributed by atoms with Gasteiger partial charge in [-0.2, -0.15) is 0 Å². The summed E-state index contributed by atoms with van der Waals surface area (Å²) in [5.74, 6) is 1.41. The number of hydrogen-bond donors (Lipinski definition) is 1. The molecule has 0 aliphatic heterocycles. The lowest BCUT2D eigenvalue weighted by Gasteiger charge is -2.16. The van der Waals surface area contributed by atoms with Crippen LogP contribution in [-0.2, 0) is 4.79 Å². The van der Waals surface area contributed by atoms with E-state index >= 15 is 0 Å². The van der Waals surface area contributed by atoms with Crippen LogP contribution in [0.2, 0.25) is 0 Å². The molecule has 0 radical (unpaired) electrons. The highest BCUT2D eigenvalue weighted by Crippen LogP contribution is 2.39. The van der Waals surface area contributed by atoms with Crippen LogP contribution in [0.25, 0.3) is 0 Å². The number of carbonyl (C=O) groups is 1. The fourth-order valence-electron chi connectivity index (χ4n) is 2.25. The number of carbonyl (C=O) groups excluding carboxylic acids is 1. The maximum absolute atomic E-state index is 12.0. The zero-order valence-corrected chi connectivity index (χ0v) is 11.1. The molecule has 0 heterocycles. The highest BCUT2D eigenvalue weighted by atomic mass is 16.2. The normalized spacial score (nSPS) is 22.6. The summed E-state index contributed by atoms with van der Waals surface area (Å²) in [5, 5.41) is 3.11. The molecule has 1 aromatic carbocycles. The number of rotatable bonds is 3. The van der Waals surface area contributed by atoms with E-state index in [2.05, 4.69) is 51.2 Å². The molecule has 2 heteroatoms. The van der Waals surface area contributed by atoms with E-state index in [4.69, 9.17) is 0 Å². The van der Waals surface area contributed by atoms with Gasteiger partial charge in [0, 0.05) is 11.6 Å². The van der Waals surface area contributed by atoms with Crippen molar-refractivity contribution in [3.8, 4) is 0 Å². The molecule has 1 amide bonds. The Balaban J connectivity index is 2.22. The summed E-state index contributed by atoms with van der Waals surface area (Å²) >= 11 is 0. The molecule has 1 saturated carbocycles. The number of aryl methyl sites for hydroxylation is 1. The van der Waals surface area contributed by atoms with Crippen molar-refractivity contribution in [1.82, 2.24) is 0 Å². The molecule has 0 unspecified atom stereocenters. The van der Waals surface area contributed by atoms with Gasteiger partial charge in [-0.1, -0.05) is 39.0 Å². The molecule has 2 nitrogen and oxygen atoms in total. The molecule has 2 rings (SSSR count). The molecule has 0 aromatic heterocycles.